The molecule has 0 saturated heterocycles. The zero-order chi connectivity index (χ0) is 7.68. The molecule has 3 nitrogen and oxygen atoms in total. The third-order valence-electron chi connectivity index (χ3n) is 1.99. The Morgan fingerprint density at radius 1 is 1.55 bits per heavy atom. The quantitative estimate of drug-likeness (QED) is 0.534. The van der Waals surface area contributed by atoms with Crippen LogP contribution in [0.3, 0.4) is 0 Å². The summed E-state index contributed by atoms with van der Waals surface area (Å²) in [6, 6.07) is 2.56. The van der Waals surface area contributed by atoms with Crippen molar-refractivity contribution in [1.29, 1.82) is 0 Å². The maximum atomic E-state index is 11.1. The van der Waals surface area contributed by atoms with E-state index in [2.05, 4.69) is 11.1 Å². The highest BCUT2D eigenvalue weighted by atomic mass is 16.1. The third-order valence-corrected chi connectivity index (χ3v) is 1.99. The van der Waals surface area contributed by atoms with E-state index in [1.807, 2.05) is 0 Å². The first-order chi connectivity index (χ1) is 5.38. The van der Waals surface area contributed by atoms with Crippen LogP contribution in [-0.4, -0.2) is 9.55 Å². The van der Waals surface area contributed by atoms with Crippen LogP contribution in [-0.2, 0) is 13.0 Å². The van der Waals surface area contributed by atoms with Crippen LogP contribution < -0.4 is 5.56 Å². The van der Waals surface area contributed by atoms with Gasteiger partial charge in [-0.3, -0.25) is 9.36 Å². The fourth-order valence-electron chi connectivity index (χ4n) is 1.41. The minimum Gasteiger partial charge on any atom is -0.296 e. The van der Waals surface area contributed by atoms with E-state index in [9.17, 15) is 4.79 Å². The number of nitrogens with zero attached hydrogens (tertiary/aromatic N) is 2. The third kappa shape index (κ3) is 1.06. The summed E-state index contributed by atoms with van der Waals surface area (Å²) in [5, 5.41) is 0. The SMILES string of the molecule is O=c1[c]cnc2n1CCCC2. The highest BCUT2D eigenvalue weighted by Gasteiger charge is 2.09. The fraction of sp³-hybridized carbons (Fsp3) is 0.500. The molecule has 1 aliphatic heterocycles. The number of aromatic nitrogens is 2. The van der Waals surface area contributed by atoms with Crippen molar-refractivity contribution >= 4 is 0 Å². The van der Waals surface area contributed by atoms with E-state index < -0.39 is 0 Å². The summed E-state index contributed by atoms with van der Waals surface area (Å²) in [4.78, 5) is 15.2. The Morgan fingerprint density at radius 2 is 2.45 bits per heavy atom. The van der Waals surface area contributed by atoms with Gasteiger partial charge in [0.25, 0.3) is 5.56 Å². The van der Waals surface area contributed by atoms with Crippen LogP contribution in [0, 0.1) is 6.07 Å². The van der Waals surface area contributed by atoms with E-state index in [0.29, 0.717) is 0 Å². The first kappa shape index (κ1) is 6.58. The fourth-order valence-corrected chi connectivity index (χ4v) is 1.41. The lowest BCUT2D eigenvalue weighted by molar-refractivity contribution is 0.495. The average Bonchev–Trinajstić information content (AvgIpc) is 2.06. The summed E-state index contributed by atoms with van der Waals surface area (Å²) < 4.78 is 1.71. The summed E-state index contributed by atoms with van der Waals surface area (Å²) in [7, 11) is 0. The molecular formula is C8H9N2O. The van der Waals surface area contributed by atoms with E-state index in [0.717, 1.165) is 31.6 Å². The Bertz CT molecular complexity index is 316. The van der Waals surface area contributed by atoms with Crippen molar-refractivity contribution in [2.75, 3.05) is 0 Å². The van der Waals surface area contributed by atoms with Crippen LogP contribution in [0.5, 0.6) is 0 Å². The molecule has 0 aliphatic carbocycles. The number of hydrogen-bond acceptors (Lipinski definition) is 2. The Morgan fingerprint density at radius 3 is 3.27 bits per heavy atom. The lowest BCUT2D eigenvalue weighted by Crippen LogP contribution is -2.27. The first-order valence-corrected chi connectivity index (χ1v) is 3.84. The number of fused-ring (bicyclic) bond motifs is 1. The predicted octanol–water partition coefficient (Wildman–Crippen LogP) is 0.380. The number of aryl methyl sites for hydroxylation is 1. The van der Waals surface area contributed by atoms with Crippen LogP contribution in [0.1, 0.15) is 18.7 Å². The molecule has 1 aromatic heterocycles. The molecule has 57 valence electrons. The monoisotopic (exact) mass is 149 g/mol. The Labute approximate surface area is 64.7 Å². The Kier molecular flexibility index (Phi) is 1.49. The second-order valence-electron chi connectivity index (χ2n) is 2.73. The van der Waals surface area contributed by atoms with Crippen LogP contribution in [0.25, 0.3) is 0 Å². The lowest BCUT2D eigenvalue weighted by atomic mass is 10.1. The van der Waals surface area contributed by atoms with E-state index in [1.54, 1.807) is 4.57 Å². The first-order valence-electron chi connectivity index (χ1n) is 3.84. The second-order valence-corrected chi connectivity index (χ2v) is 2.73. The summed E-state index contributed by atoms with van der Waals surface area (Å²) >= 11 is 0. The molecule has 2 rings (SSSR count). The van der Waals surface area contributed by atoms with Crippen LogP contribution in [0.4, 0.5) is 0 Å². The van der Waals surface area contributed by atoms with Crippen molar-refractivity contribution in [3.05, 3.63) is 28.4 Å². The van der Waals surface area contributed by atoms with Gasteiger partial charge < -0.3 is 0 Å². The molecule has 3 heteroatoms. The van der Waals surface area contributed by atoms with Crippen LogP contribution >= 0.6 is 0 Å². The summed E-state index contributed by atoms with van der Waals surface area (Å²) in [5.74, 6) is 0.917. The highest BCUT2D eigenvalue weighted by Crippen LogP contribution is 2.07. The van der Waals surface area contributed by atoms with Gasteiger partial charge in [0.15, 0.2) is 0 Å². The molecule has 0 bridgehead atoms. The van der Waals surface area contributed by atoms with Gasteiger partial charge in [-0.05, 0) is 12.8 Å². The van der Waals surface area contributed by atoms with Gasteiger partial charge in [-0.1, -0.05) is 0 Å². The minimum absolute atomic E-state index is 0.0327. The Balaban J connectivity index is 2.58. The van der Waals surface area contributed by atoms with Gasteiger partial charge in [-0.2, -0.15) is 0 Å². The smallest absolute Gasteiger partial charge is 0.261 e. The molecule has 0 aromatic carbocycles. The molecule has 0 saturated carbocycles. The molecular weight excluding hydrogens is 140 g/mol. The lowest BCUT2D eigenvalue weighted by Gasteiger charge is -2.15. The maximum absolute atomic E-state index is 11.1. The van der Waals surface area contributed by atoms with Gasteiger partial charge >= 0.3 is 0 Å². The second kappa shape index (κ2) is 2.49. The zero-order valence-corrected chi connectivity index (χ0v) is 6.21. The molecule has 2 heterocycles. The van der Waals surface area contributed by atoms with Crippen molar-refractivity contribution in [2.24, 2.45) is 0 Å². The Hall–Kier alpha value is -1.12. The topological polar surface area (TPSA) is 34.9 Å². The van der Waals surface area contributed by atoms with Crippen molar-refractivity contribution in [3.63, 3.8) is 0 Å². The minimum atomic E-state index is -0.0327. The van der Waals surface area contributed by atoms with Gasteiger partial charge in [-0.25, -0.2) is 4.98 Å². The molecule has 1 aromatic rings. The molecule has 0 unspecified atom stereocenters. The van der Waals surface area contributed by atoms with E-state index in [4.69, 9.17) is 0 Å². The summed E-state index contributed by atoms with van der Waals surface area (Å²) in [5.41, 5.74) is -0.0327. The standard InChI is InChI=1S/C8H9N2O/c11-8-4-5-9-7-3-1-2-6-10(7)8/h5H,1-3,6H2. The molecule has 1 aliphatic rings. The van der Waals surface area contributed by atoms with Crippen molar-refractivity contribution in [2.45, 2.75) is 25.8 Å². The van der Waals surface area contributed by atoms with Gasteiger partial charge in [0, 0.05) is 19.2 Å². The van der Waals surface area contributed by atoms with Gasteiger partial charge in [0.05, 0.1) is 6.07 Å². The molecule has 0 fully saturated rings. The molecule has 0 N–H and O–H groups in total. The van der Waals surface area contributed by atoms with Crippen molar-refractivity contribution < 1.29 is 0 Å². The van der Waals surface area contributed by atoms with E-state index in [-0.39, 0.29) is 5.56 Å². The maximum Gasteiger partial charge on any atom is 0.261 e. The molecule has 0 amide bonds. The normalized spacial score (nSPS) is 16.0. The van der Waals surface area contributed by atoms with Gasteiger partial charge in [-0.15, -0.1) is 0 Å². The number of rotatable bonds is 0. The molecule has 0 atom stereocenters. The largest absolute Gasteiger partial charge is 0.296 e. The van der Waals surface area contributed by atoms with Gasteiger partial charge in [0.1, 0.15) is 5.82 Å². The van der Waals surface area contributed by atoms with Crippen molar-refractivity contribution in [1.82, 2.24) is 9.55 Å². The van der Waals surface area contributed by atoms with Gasteiger partial charge in [0.2, 0.25) is 0 Å². The predicted molar refractivity (Wildman–Crippen MR) is 40.3 cm³/mol. The summed E-state index contributed by atoms with van der Waals surface area (Å²) in [6.07, 6.45) is 4.65. The van der Waals surface area contributed by atoms with E-state index >= 15 is 0 Å². The molecule has 11 heavy (non-hydrogen) atoms. The van der Waals surface area contributed by atoms with E-state index in [1.165, 1.54) is 6.20 Å². The highest BCUT2D eigenvalue weighted by molar-refractivity contribution is 4.94. The average molecular weight is 149 g/mol. The molecule has 1 radical (unpaired) electrons. The zero-order valence-electron chi connectivity index (χ0n) is 6.21. The molecule has 0 spiro atoms. The van der Waals surface area contributed by atoms with Crippen LogP contribution in [0.2, 0.25) is 0 Å². The van der Waals surface area contributed by atoms with Crippen molar-refractivity contribution in [3.8, 4) is 0 Å². The summed E-state index contributed by atoms with van der Waals surface area (Å²) in [6.45, 7) is 0.818. The van der Waals surface area contributed by atoms with Crippen LogP contribution in [0.15, 0.2) is 11.0 Å². The number of hydrogen-bond donors (Lipinski definition) is 0.